The molecule has 1 atom stereocenters. The number of carbonyl (C=O) groups is 2. The van der Waals surface area contributed by atoms with Crippen molar-refractivity contribution in [3.05, 3.63) is 35.4 Å². The number of amides is 2. The van der Waals surface area contributed by atoms with Gasteiger partial charge in [0, 0.05) is 13.0 Å². The summed E-state index contributed by atoms with van der Waals surface area (Å²) in [5.41, 5.74) is 1.63. The zero-order valence-corrected chi connectivity index (χ0v) is 13.6. The van der Waals surface area contributed by atoms with Crippen molar-refractivity contribution < 1.29 is 9.59 Å². The molecule has 1 aromatic carbocycles. The Bertz CT molecular complexity index is 524. The third kappa shape index (κ3) is 3.87. The Morgan fingerprint density at radius 1 is 1.18 bits per heavy atom. The summed E-state index contributed by atoms with van der Waals surface area (Å²) in [6.07, 6.45) is 4.64. The van der Waals surface area contributed by atoms with E-state index >= 15 is 0 Å². The normalized spacial score (nSPS) is 21.8. The van der Waals surface area contributed by atoms with Gasteiger partial charge in [0.25, 0.3) is 0 Å². The van der Waals surface area contributed by atoms with Crippen molar-refractivity contribution in [1.29, 1.82) is 0 Å². The van der Waals surface area contributed by atoms with E-state index in [9.17, 15) is 9.59 Å². The van der Waals surface area contributed by atoms with Crippen molar-refractivity contribution >= 4 is 11.8 Å². The van der Waals surface area contributed by atoms with Gasteiger partial charge < -0.3 is 10.6 Å². The molecule has 1 aliphatic heterocycles. The molecule has 0 radical (unpaired) electrons. The standard InChI is InChI=1S/C18H26N2O2/c1-3-14-8-10-15(11-9-14)13-19-17(22)18(4-2)12-6-5-7-16(21)20-18/h8-11H,3-7,12-13H2,1-2H3,(H,19,22)(H,20,21). The van der Waals surface area contributed by atoms with Crippen molar-refractivity contribution in [1.82, 2.24) is 10.6 Å². The van der Waals surface area contributed by atoms with E-state index in [1.807, 2.05) is 19.1 Å². The van der Waals surface area contributed by atoms with Crippen molar-refractivity contribution in [2.45, 2.75) is 64.5 Å². The summed E-state index contributed by atoms with van der Waals surface area (Å²) in [6.45, 7) is 4.58. The molecular weight excluding hydrogens is 276 g/mol. The molecule has 22 heavy (non-hydrogen) atoms. The first-order valence-electron chi connectivity index (χ1n) is 8.27. The maximum Gasteiger partial charge on any atom is 0.246 e. The second-order valence-electron chi connectivity index (χ2n) is 6.04. The molecular formula is C18H26N2O2. The Kier molecular flexibility index (Phi) is 5.58. The highest BCUT2D eigenvalue weighted by Gasteiger charge is 2.38. The van der Waals surface area contributed by atoms with Crippen LogP contribution in [0.4, 0.5) is 0 Å². The summed E-state index contributed by atoms with van der Waals surface area (Å²) in [4.78, 5) is 24.4. The van der Waals surface area contributed by atoms with Crippen LogP contribution in [0.1, 0.15) is 57.1 Å². The van der Waals surface area contributed by atoms with Crippen LogP contribution >= 0.6 is 0 Å². The van der Waals surface area contributed by atoms with E-state index in [0.717, 1.165) is 31.2 Å². The van der Waals surface area contributed by atoms with Crippen LogP contribution in [0.3, 0.4) is 0 Å². The maximum atomic E-state index is 12.6. The van der Waals surface area contributed by atoms with E-state index in [4.69, 9.17) is 0 Å². The molecule has 0 aliphatic carbocycles. The highest BCUT2D eigenvalue weighted by Crippen LogP contribution is 2.23. The largest absolute Gasteiger partial charge is 0.350 e. The Morgan fingerprint density at radius 2 is 1.86 bits per heavy atom. The van der Waals surface area contributed by atoms with E-state index in [2.05, 4.69) is 29.7 Å². The van der Waals surface area contributed by atoms with Gasteiger partial charge >= 0.3 is 0 Å². The van der Waals surface area contributed by atoms with Gasteiger partial charge in [-0.1, -0.05) is 44.5 Å². The number of benzene rings is 1. The van der Waals surface area contributed by atoms with Crippen LogP contribution in [0.15, 0.2) is 24.3 Å². The second-order valence-corrected chi connectivity index (χ2v) is 6.04. The van der Waals surface area contributed by atoms with E-state index in [1.165, 1.54) is 5.56 Å². The molecule has 2 N–H and O–H groups in total. The van der Waals surface area contributed by atoms with Crippen molar-refractivity contribution in [3.63, 3.8) is 0 Å². The number of hydrogen-bond donors (Lipinski definition) is 2. The summed E-state index contributed by atoms with van der Waals surface area (Å²) in [5, 5.41) is 5.94. The van der Waals surface area contributed by atoms with Gasteiger partial charge in [-0.25, -0.2) is 0 Å². The third-order valence-corrected chi connectivity index (χ3v) is 4.56. The fourth-order valence-electron chi connectivity index (χ4n) is 2.94. The van der Waals surface area contributed by atoms with Gasteiger partial charge in [-0.05, 0) is 36.8 Å². The first kappa shape index (κ1) is 16.5. The fraction of sp³-hybridized carbons (Fsp3) is 0.556. The molecule has 1 aromatic rings. The zero-order valence-electron chi connectivity index (χ0n) is 13.6. The van der Waals surface area contributed by atoms with Crippen molar-refractivity contribution in [2.75, 3.05) is 0 Å². The van der Waals surface area contributed by atoms with Gasteiger partial charge in [0.05, 0.1) is 0 Å². The van der Waals surface area contributed by atoms with Crippen LogP contribution in [-0.2, 0) is 22.6 Å². The van der Waals surface area contributed by atoms with Crippen LogP contribution in [0.5, 0.6) is 0 Å². The minimum absolute atomic E-state index is 0.0122. The lowest BCUT2D eigenvalue weighted by Gasteiger charge is -2.31. The predicted octanol–water partition coefficient (Wildman–Crippen LogP) is 2.70. The molecule has 2 rings (SSSR count). The highest BCUT2D eigenvalue weighted by molar-refractivity contribution is 5.91. The smallest absolute Gasteiger partial charge is 0.246 e. The number of carbonyl (C=O) groups excluding carboxylic acids is 2. The lowest BCUT2D eigenvalue weighted by Crippen LogP contribution is -2.57. The second kappa shape index (κ2) is 7.43. The molecule has 120 valence electrons. The monoisotopic (exact) mass is 302 g/mol. The Balaban J connectivity index is 2.00. The summed E-state index contributed by atoms with van der Waals surface area (Å²) in [6, 6.07) is 8.27. The van der Waals surface area contributed by atoms with Gasteiger partial charge in [0.2, 0.25) is 11.8 Å². The van der Waals surface area contributed by atoms with Crippen LogP contribution in [0.25, 0.3) is 0 Å². The molecule has 1 heterocycles. The molecule has 0 aromatic heterocycles. The quantitative estimate of drug-likeness (QED) is 0.878. The van der Waals surface area contributed by atoms with E-state index in [1.54, 1.807) is 0 Å². The van der Waals surface area contributed by atoms with Gasteiger partial charge in [-0.15, -0.1) is 0 Å². The van der Waals surface area contributed by atoms with Crippen LogP contribution < -0.4 is 10.6 Å². The SMILES string of the molecule is CCc1ccc(CNC(=O)C2(CC)CCCCC(=O)N2)cc1. The lowest BCUT2D eigenvalue weighted by molar-refractivity contribution is -0.133. The summed E-state index contributed by atoms with van der Waals surface area (Å²) in [5.74, 6) is -0.0772. The maximum absolute atomic E-state index is 12.6. The molecule has 1 aliphatic rings. The minimum Gasteiger partial charge on any atom is -0.350 e. The van der Waals surface area contributed by atoms with E-state index in [-0.39, 0.29) is 11.8 Å². The molecule has 1 unspecified atom stereocenters. The van der Waals surface area contributed by atoms with E-state index in [0.29, 0.717) is 19.4 Å². The molecule has 4 heteroatoms. The number of nitrogens with one attached hydrogen (secondary N) is 2. The number of aryl methyl sites for hydroxylation is 1. The molecule has 2 amide bonds. The molecule has 4 nitrogen and oxygen atoms in total. The number of hydrogen-bond acceptors (Lipinski definition) is 2. The summed E-state index contributed by atoms with van der Waals surface area (Å²) < 4.78 is 0. The Labute approximate surface area is 132 Å². The first-order valence-corrected chi connectivity index (χ1v) is 8.27. The van der Waals surface area contributed by atoms with Crippen LogP contribution in [0.2, 0.25) is 0 Å². The first-order chi connectivity index (χ1) is 10.6. The fourth-order valence-corrected chi connectivity index (χ4v) is 2.94. The molecule has 0 bridgehead atoms. The Hall–Kier alpha value is -1.84. The lowest BCUT2D eigenvalue weighted by atomic mass is 9.89. The van der Waals surface area contributed by atoms with Gasteiger partial charge in [-0.2, -0.15) is 0 Å². The minimum atomic E-state index is -0.739. The molecule has 1 fully saturated rings. The summed E-state index contributed by atoms with van der Waals surface area (Å²) >= 11 is 0. The predicted molar refractivity (Wildman–Crippen MR) is 87.3 cm³/mol. The average Bonchev–Trinajstić information content (AvgIpc) is 2.75. The van der Waals surface area contributed by atoms with Crippen LogP contribution in [-0.4, -0.2) is 17.4 Å². The van der Waals surface area contributed by atoms with Crippen LogP contribution in [0, 0.1) is 0 Å². The molecule has 0 spiro atoms. The van der Waals surface area contributed by atoms with Crippen molar-refractivity contribution in [2.24, 2.45) is 0 Å². The third-order valence-electron chi connectivity index (χ3n) is 4.56. The Morgan fingerprint density at radius 3 is 2.50 bits per heavy atom. The van der Waals surface area contributed by atoms with Gasteiger partial charge in [0.15, 0.2) is 0 Å². The van der Waals surface area contributed by atoms with Crippen molar-refractivity contribution in [3.8, 4) is 0 Å². The average molecular weight is 302 g/mol. The highest BCUT2D eigenvalue weighted by atomic mass is 16.2. The topological polar surface area (TPSA) is 58.2 Å². The van der Waals surface area contributed by atoms with Gasteiger partial charge in [-0.3, -0.25) is 9.59 Å². The molecule has 0 saturated carbocycles. The summed E-state index contributed by atoms with van der Waals surface area (Å²) in [7, 11) is 0. The van der Waals surface area contributed by atoms with E-state index < -0.39 is 5.54 Å². The number of rotatable bonds is 5. The van der Waals surface area contributed by atoms with Gasteiger partial charge in [0.1, 0.15) is 5.54 Å². The molecule has 1 saturated heterocycles. The zero-order chi connectivity index (χ0) is 16.0.